The van der Waals surface area contributed by atoms with Crippen molar-refractivity contribution < 1.29 is 9.53 Å². The van der Waals surface area contributed by atoms with E-state index in [1.165, 1.54) is 7.11 Å². The number of hydrogen-bond acceptors (Lipinski definition) is 5. The fourth-order valence-corrected chi connectivity index (χ4v) is 1.73. The molecule has 1 rings (SSSR count). The topological polar surface area (TPSA) is 76.1 Å². The monoisotopic (exact) mass is 236 g/mol. The fourth-order valence-electron chi connectivity index (χ4n) is 1.37. The molecule has 5 heteroatoms. The molecule has 4 nitrogen and oxygen atoms in total. The van der Waals surface area contributed by atoms with Crippen LogP contribution in [0.4, 0.5) is 0 Å². The van der Waals surface area contributed by atoms with Gasteiger partial charge in [0.2, 0.25) is 0 Å². The lowest BCUT2D eigenvalue weighted by Crippen LogP contribution is -2.08. The van der Waals surface area contributed by atoms with E-state index in [0.717, 1.165) is 5.56 Å². The Bertz CT molecular complexity index is 452. The molecule has 0 atom stereocenters. The van der Waals surface area contributed by atoms with Gasteiger partial charge < -0.3 is 10.5 Å². The standard InChI is InChI=1S/C11H12N2O2S/c1-15-10(14)4-7-2-3-8(5-12)9(6-13)11(7)16/h2-3,16H,4,6,13H2,1H3. The Kier molecular flexibility index (Phi) is 4.35. The summed E-state index contributed by atoms with van der Waals surface area (Å²) in [5.41, 5.74) is 7.41. The SMILES string of the molecule is COC(=O)Cc1ccc(C#N)c(CN)c1S. The molecule has 0 fully saturated rings. The molecule has 0 heterocycles. The summed E-state index contributed by atoms with van der Waals surface area (Å²) in [6.45, 7) is 0.219. The summed E-state index contributed by atoms with van der Waals surface area (Å²) in [5.74, 6) is -0.344. The van der Waals surface area contributed by atoms with Crippen molar-refractivity contribution in [2.24, 2.45) is 5.73 Å². The highest BCUT2D eigenvalue weighted by atomic mass is 32.1. The predicted octanol–water partition coefficient (Wildman–Crippen LogP) is 1.02. The van der Waals surface area contributed by atoms with Crippen LogP contribution >= 0.6 is 12.6 Å². The van der Waals surface area contributed by atoms with E-state index in [0.29, 0.717) is 16.0 Å². The number of nitrogens with two attached hydrogens (primary N) is 1. The number of thiol groups is 1. The predicted molar refractivity (Wildman–Crippen MR) is 62.0 cm³/mol. The zero-order valence-electron chi connectivity index (χ0n) is 8.86. The van der Waals surface area contributed by atoms with E-state index in [2.05, 4.69) is 17.4 Å². The van der Waals surface area contributed by atoms with Gasteiger partial charge >= 0.3 is 5.97 Å². The maximum Gasteiger partial charge on any atom is 0.310 e. The van der Waals surface area contributed by atoms with Crippen LogP contribution in [0.15, 0.2) is 17.0 Å². The van der Waals surface area contributed by atoms with E-state index >= 15 is 0 Å². The molecule has 1 aromatic carbocycles. The molecule has 0 radical (unpaired) electrons. The van der Waals surface area contributed by atoms with Gasteiger partial charge in [-0.15, -0.1) is 12.6 Å². The molecule has 0 spiro atoms. The number of nitriles is 1. The van der Waals surface area contributed by atoms with Crippen molar-refractivity contribution in [1.82, 2.24) is 0 Å². The molecule has 0 aliphatic rings. The average molecular weight is 236 g/mol. The van der Waals surface area contributed by atoms with Gasteiger partial charge in [-0.3, -0.25) is 4.79 Å². The molecule has 1 aromatic rings. The minimum absolute atomic E-state index is 0.133. The first-order chi connectivity index (χ1) is 7.63. The Morgan fingerprint density at radius 1 is 1.62 bits per heavy atom. The zero-order valence-corrected chi connectivity index (χ0v) is 9.75. The maximum atomic E-state index is 11.1. The van der Waals surface area contributed by atoms with Crippen molar-refractivity contribution in [1.29, 1.82) is 5.26 Å². The molecule has 0 aromatic heterocycles. The first-order valence-electron chi connectivity index (χ1n) is 4.64. The summed E-state index contributed by atoms with van der Waals surface area (Å²) in [6, 6.07) is 5.37. The van der Waals surface area contributed by atoms with Gasteiger partial charge in [0, 0.05) is 11.4 Å². The van der Waals surface area contributed by atoms with E-state index in [-0.39, 0.29) is 18.9 Å². The number of carbonyl (C=O) groups is 1. The number of rotatable bonds is 3. The quantitative estimate of drug-likeness (QED) is 0.607. The molecule has 2 N–H and O–H groups in total. The molecule has 0 amide bonds. The molecule has 0 aliphatic carbocycles. The van der Waals surface area contributed by atoms with E-state index in [9.17, 15) is 4.79 Å². The van der Waals surface area contributed by atoms with E-state index in [1.807, 2.05) is 6.07 Å². The number of hydrogen-bond donors (Lipinski definition) is 2. The Balaban J connectivity index is 3.15. The minimum Gasteiger partial charge on any atom is -0.469 e. The summed E-state index contributed by atoms with van der Waals surface area (Å²) >= 11 is 4.29. The van der Waals surface area contributed by atoms with Gasteiger partial charge in [-0.1, -0.05) is 6.07 Å². The van der Waals surface area contributed by atoms with Gasteiger partial charge in [-0.2, -0.15) is 5.26 Å². The summed E-state index contributed by atoms with van der Waals surface area (Å²) < 4.78 is 4.57. The molecule has 0 bridgehead atoms. The second kappa shape index (κ2) is 5.54. The van der Waals surface area contributed by atoms with E-state index in [1.54, 1.807) is 12.1 Å². The second-order valence-corrected chi connectivity index (χ2v) is 3.62. The van der Waals surface area contributed by atoms with Gasteiger partial charge in [0.25, 0.3) is 0 Å². The summed E-state index contributed by atoms with van der Waals surface area (Å²) in [4.78, 5) is 11.7. The van der Waals surface area contributed by atoms with Crippen molar-refractivity contribution in [3.63, 3.8) is 0 Å². The van der Waals surface area contributed by atoms with Crippen LogP contribution in [0.2, 0.25) is 0 Å². The number of ether oxygens (including phenoxy) is 1. The van der Waals surface area contributed by atoms with Crippen molar-refractivity contribution in [3.05, 3.63) is 28.8 Å². The number of nitrogens with zero attached hydrogens (tertiary/aromatic N) is 1. The van der Waals surface area contributed by atoms with Gasteiger partial charge in [0.15, 0.2) is 0 Å². The zero-order chi connectivity index (χ0) is 12.1. The Hall–Kier alpha value is -1.51. The highest BCUT2D eigenvalue weighted by molar-refractivity contribution is 7.80. The van der Waals surface area contributed by atoms with Crippen molar-refractivity contribution in [2.45, 2.75) is 17.9 Å². The number of esters is 1. The Morgan fingerprint density at radius 3 is 2.81 bits per heavy atom. The third-order valence-corrected chi connectivity index (χ3v) is 2.81. The summed E-state index contributed by atoms with van der Waals surface area (Å²) in [5, 5.41) is 8.86. The Labute approximate surface area is 99.4 Å². The first kappa shape index (κ1) is 12.6. The summed E-state index contributed by atoms with van der Waals surface area (Å²) in [6.07, 6.45) is 0.133. The average Bonchev–Trinajstić information content (AvgIpc) is 2.31. The molecule has 0 aliphatic heterocycles. The maximum absolute atomic E-state index is 11.1. The lowest BCUT2D eigenvalue weighted by molar-refractivity contribution is -0.139. The Morgan fingerprint density at radius 2 is 2.31 bits per heavy atom. The van der Waals surface area contributed by atoms with Gasteiger partial charge in [0.05, 0.1) is 25.2 Å². The van der Waals surface area contributed by atoms with Gasteiger partial charge in [0.1, 0.15) is 0 Å². The molecular weight excluding hydrogens is 224 g/mol. The van der Waals surface area contributed by atoms with Crippen LogP contribution in [-0.2, 0) is 22.5 Å². The van der Waals surface area contributed by atoms with Crippen LogP contribution in [0.3, 0.4) is 0 Å². The molecule has 0 saturated carbocycles. The smallest absolute Gasteiger partial charge is 0.310 e. The van der Waals surface area contributed by atoms with Crippen LogP contribution in [-0.4, -0.2) is 13.1 Å². The van der Waals surface area contributed by atoms with Crippen LogP contribution in [0.5, 0.6) is 0 Å². The number of methoxy groups -OCH3 is 1. The highest BCUT2D eigenvalue weighted by Gasteiger charge is 2.12. The van der Waals surface area contributed by atoms with Gasteiger partial charge in [-0.05, 0) is 17.2 Å². The minimum atomic E-state index is -0.344. The van der Waals surface area contributed by atoms with E-state index < -0.39 is 0 Å². The van der Waals surface area contributed by atoms with Crippen molar-refractivity contribution in [2.75, 3.05) is 7.11 Å². The highest BCUT2D eigenvalue weighted by Crippen LogP contribution is 2.23. The third kappa shape index (κ3) is 2.54. The van der Waals surface area contributed by atoms with Crippen LogP contribution < -0.4 is 5.73 Å². The number of benzene rings is 1. The van der Waals surface area contributed by atoms with E-state index in [4.69, 9.17) is 11.0 Å². The summed E-state index contributed by atoms with van der Waals surface area (Å²) in [7, 11) is 1.33. The van der Waals surface area contributed by atoms with Crippen LogP contribution in [0.1, 0.15) is 16.7 Å². The lowest BCUT2D eigenvalue weighted by atomic mass is 10.0. The molecule has 16 heavy (non-hydrogen) atoms. The first-order valence-corrected chi connectivity index (χ1v) is 5.09. The van der Waals surface area contributed by atoms with Crippen molar-refractivity contribution in [3.8, 4) is 6.07 Å². The third-order valence-electron chi connectivity index (χ3n) is 2.25. The second-order valence-electron chi connectivity index (χ2n) is 3.17. The van der Waals surface area contributed by atoms with Crippen molar-refractivity contribution >= 4 is 18.6 Å². The lowest BCUT2D eigenvalue weighted by Gasteiger charge is -2.09. The molecule has 0 saturated heterocycles. The number of carbonyl (C=O) groups excluding carboxylic acids is 1. The molecular formula is C11H12N2O2S. The van der Waals surface area contributed by atoms with Crippen LogP contribution in [0.25, 0.3) is 0 Å². The fraction of sp³-hybridized carbons (Fsp3) is 0.273. The van der Waals surface area contributed by atoms with Crippen LogP contribution in [0, 0.1) is 11.3 Å². The molecule has 0 unspecified atom stereocenters. The van der Waals surface area contributed by atoms with Gasteiger partial charge in [-0.25, -0.2) is 0 Å². The largest absolute Gasteiger partial charge is 0.469 e. The normalized spacial score (nSPS) is 9.62. The molecule has 84 valence electrons.